The predicted molar refractivity (Wildman–Crippen MR) is 97.3 cm³/mol. The van der Waals surface area contributed by atoms with Crippen molar-refractivity contribution in [2.45, 2.75) is 39.5 Å². The maximum Gasteiger partial charge on any atom is 0.211 e. The van der Waals surface area contributed by atoms with Crippen LogP contribution >= 0.6 is 0 Å². The molecule has 1 rings (SSSR count). The van der Waals surface area contributed by atoms with E-state index in [0.29, 0.717) is 31.4 Å². The first-order valence-electron chi connectivity index (χ1n) is 8.02. The Hall–Kier alpha value is -1.60. The van der Waals surface area contributed by atoms with Crippen LogP contribution in [0, 0.1) is 0 Å². The van der Waals surface area contributed by atoms with Crippen molar-refractivity contribution in [2.24, 2.45) is 10.7 Å². The third-order valence-electron chi connectivity index (χ3n) is 3.68. The molecular formula is C16H28N4O2S. The normalized spacial score (nSPS) is 13.8. The zero-order chi connectivity index (χ0) is 17.3. The largest absolute Gasteiger partial charge is 0.370 e. The molecule has 1 aromatic carbocycles. The summed E-state index contributed by atoms with van der Waals surface area (Å²) in [6.07, 6.45) is 1.72. The maximum atomic E-state index is 11.3. The Kier molecular flexibility index (Phi) is 8.05. The zero-order valence-electron chi connectivity index (χ0n) is 14.2. The molecule has 4 N–H and O–H groups in total. The van der Waals surface area contributed by atoms with E-state index in [4.69, 9.17) is 5.73 Å². The number of benzene rings is 1. The van der Waals surface area contributed by atoms with Gasteiger partial charge in [0.05, 0.1) is 5.75 Å². The summed E-state index contributed by atoms with van der Waals surface area (Å²) in [4.78, 5) is 4.19. The molecule has 0 spiro atoms. The maximum absolute atomic E-state index is 11.3. The average Bonchev–Trinajstić information content (AvgIpc) is 2.54. The first-order valence-corrected chi connectivity index (χ1v) is 9.67. The third kappa shape index (κ3) is 7.47. The van der Waals surface area contributed by atoms with E-state index in [9.17, 15) is 8.42 Å². The van der Waals surface area contributed by atoms with Crippen molar-refractivity contribution >= 4 is 21.7 Å². The number of aliphatic imine (C=N–C) groups is 1. The fourth-order valence-corrected chi connectivity index (χ4v) is 2.59. The van der Waals surface area contributed by atoms with Gasteiger partial charge in [-0.25, -0.2) is 13.1 Å². The lowest BCUT2D eigenvalue weighted by molar-refractivity contribution is 0.581. The fraction of sp³-hybridized carbons (Fsp3) is 0.562. The van der Waals surface area contributed by atoms with Crippen LogP contribution in [0.4, 0.5) is 5.69 Å². The quantitative estimate of drug-likeness (QED) is 0.365. The van der Waals surface area contributed by atoms with Gasteiger partial charge in [0.15, 0.2) is 5.96 Å². The molecule has 0 saturated heterocycles. The van der Waals surface area contributed by atoms with Gasteiger partial charge in [0, 0.05) is 18.8 Å². The lowest BCUT2D eigenvalue weighted by Gasteiger charge is -2.10. The minimum Gasteiger partial charge on any atom is -0.370 e. The van der Waals surface area contributed by atoms with Crippen LogP contribution in [0.5, 0.6) is 0 Å². The van der Waals surface area contributed by atoms with Crippen LogP contribution in [0.2, 0.25) is 0 Å². The van der Waals surface area contributed by atoms with E-state index >= 15 is 0 Å². The van der Waals surface area contributed by atoms with Crippen LogP contribution < -0.4 is 15.8 Å². The second-order valence-electron chi connectivity index (χ2n) is 5.47. The molecule has 0 heterocycles. The Bertz CT molecular complexity index is 597. The van der Waals surface area contributed by atoms with Gasteiger partial charge in [-0.05, 0) is 43.4 Å². The summed E-state index contributed by atoms with van der Waals surface area (Å²) < 4.78 is 25.0. The van der Waals surface area contributed by atoms with Crippen LogP contribution in [-0.2, 0) is 10.0 Å². The zero-order valence-corrected chi connectivity index (χ0v) is 15.0. The van der Waals surface area contributed by atoms with E-state index in [1.807, 2.05) is 12.1 Å². The van der Waals surface area contributed by atoms with Gasteiger partial charge >= 0.3 is 0 Å². The molecule has 23 heavy (non-hydrogen) atoms. The molecule has 0 fully saturated rings. The van der Waals surface area contributed by atoms with Crippen LogP contribution in [0.1, 0.15) is 45.1 Å². The van der Waals surface area contributed by atoms with Gasteiger partial charge in [0.25, 0.3) is 0 Å². The Morgan fingerprint density at radius 1 is 1.26 bits per heavy atom. The molecule has 0 aliphatic rings. The van der Waals surface area contributed by atoms with Crippen molar-refractivity contribution in [1.82, 2.24) is 4.72 Å². The highest BCUT2D eigenvalue weighted by Gasteiger charge is 2.04. The van der Waals surface area contributed by atoms with E-state index in [1.165, 1.54) is 5.56 Å². The van der Waals surface area contributed by atoms with Crippen LogP contribution in [0.25, 0.3) is 0 Å². The molecule has 6 nitrogen and oxygen atoms in total. The first-order chi connectivity index (χ1) is 10.9. The summed E-state index contributed by atoms with van der Waals surface area (Å²) in [5.74, 6) is 0.966. The number of anilines is 1. The summed E-state index contributed by atoms with van der Waals surface area (Å²) in [5, 5.41) is 3.03. The molecule has 0 radical (unpaired) electrons. The number of nitrogens with two attached hydrogens (primary N) is 1. The van der Waals surface area contributed by atoms with Gasteiger partial charge in [-0.15, -0.1) is 0 Å². The van der Waals surface area contributed by atoms with E-state index in [1.54, 1.807) is 6.92 Å². The molecule has 0 bridgehead atoms. The molecule has 0 amide bonds. The number of hydrogen-bond donors (Lipinski definition) is 3. The Balaban J connectivity index is 2.39. The molecule has 1 atom stereocenters. The highest BCUT2D eigenvalue weighted by Crippen LogP contribution is 2.20. The van der Waals surface area contributed by atoms with Crippen molar-refractivity contribution in [3.8, 4) is 0 Å². The van der Waals surface area contributed by atoms with Crippen molar-refractivity contribution in [1.29, 1.82) is 0 Å². The minimum atomic E-state index is -3.13. The van der Waals surface area contributed by atoms with Crippen LogP contribution in [0.3, 0.4) is 0 Å². The number of nitrogens with one attached hydrogen (secondary N) is 2. The highest BCUT2D eigenvalue weighted by atomic mass is 32.2. The summed E-state index contributed by atoms with van der Waals surface area (Å²) in [7, 11) is -3.13. The van der Waals surface area contributed by atoms with E-state index < -0.39 is 10.0 Å². The van der Waals surface area contributed by atoms with Crippen LogP contribution in [0.15, 0.2) is 29.3 Å². The van der Waals surface area contributed by atoms with Gasteiger partial charge in [-0.1, -0.05) is 26.0 Å². The lowest BCUT2D eigenvalue weighted by atomic mass is 9.99. The highest BCUT2D eigenvalue weighted by molar-refractivity contribution is 7.89. The van der Waals surface area contributed by atoms with Crippen LogP contribution in [-0.4, -0.2) is 33.2 Å². The number of nitrogens with zero attached hydrogens (tertiary/aromatic N) is 1. The fourth-order valence-electron chi connectivity index (χ4n) is 1.93. The molecule has 0 saturated carbocycles. The first kappa shape index (κ1) is 19.4. The second-order valence-corrected chi connectivity index (χ2v) is 7.57. The third-order valence-corrected chi connectivity index (χ3v) is 5.09. The number of hydrogen-bond acceptors (Lipinski definition) is 3. The summed E-state index contributed by atoms with van der Waals surface area (Å²) in [6, 6.07) is 8.14. The van der Waals surface area contributed by atoms with Gasteiger partial charge in [-0.3, -0.25) is 4.99 Å². The summed E-state index contributed by atoms with van der Waals surface area (Å²) >= 11 is 0. The minimum absolute atomic E-state index is 0.0899. The molecule has 0 aromatic heterocycles. The summed E-state index contributed by atoms with van der Waals surface area (Å²) in [6.45, 7) is 6.81. The Labute approximate surface area is 139 Å². The monoisotopic (exact) mass is 340 g/mol. The van der Waals surface area contributed by atoms with Gasteiger partial charge in [0.1, 0.15) is 0 Å². The van der Waals surface area contributed by atoms with E-state index in [2.05, 4.69) is 41.0 Å². The van der Waals surface area contributed by atoms with Crippen molar-refractivity contribution in [3.05, 3.63) is 29.8 Å². The van der Waals surface area contributed by atoms with Crippen molar-refractivity contribution in [3.63, 3.8) is 0 Å². The molecule has 1 aromatic rings. The lowest BCUT2D eigenvalue weighted by Crippen LogP contribution is -2.27. The topological polar surface area (TPSA) is 96.6 Å². The van der Waals surface area contributed by atoms with Gasteiger partial charge in [-0.2, -0.15) is 0 Å². The second kappa shape index (κ2) is 9.52. The molecule has 130 valence electrons. The Morgan fingerprint density at radius 3 is 2.48 bits per heavy atom. The Morgan fingerprint density at radius 2 is 1.91 bits per heavy atom. The van der Waals surface area contributed by atoms with E-state index in [-0.39, 0.29) is 5.75 Å². The summed E-state index contributed by atoms with van der Waals surface area (Å²) in [5.41, 5.74) is 8.02. The molecule has 0 aliphatic heterocycles. The molecule has 1 unspecified atom stereocenters. The average molecular weight is 340 g/mol. The van der Waals surface area contributed by atoms with Gasteiger partial charge in [0.2, 0.25) is 10.0 Å². The van der Waals surface area contributed by atoms with Gasteiger partial charge < -0.3 is 11.1 Å². The standard InChI is InChI=1S/C16H28N4O2S/c1-4-13(3)14-7-9-15(10-8-14)20-16(17)18-11-6-12-19-23(21,22)5-2/h7-10,13,19H,4-6,11-12H2,1-3H3,(H3,17,18,20). The molecule has 7 heteroatoms. The smallest absolute Gasteiger partial charge is 0.211 e. The van der Waals surface area contributed by atoms with Crippen molar-refractivity contribution < 1.29 is 8.42 Å². The van der Waals surface area contributed by atoms with E-state index in [0.717, 1.165) is 12.1 Å². The molecule has 0 aliphatic carbocycles. The number of guanidine groups is 1. The number of sulfonamides is 1. The predicted octanol–water partition coefficient (Wildman–Crippen LogP) is 2.26. The van der Waals surface area contributed by atoms with Crippen molar-refractivity contribution in [2.75, 3.05) is 24.2 Å². The SMILES string of the molecule is CCC(C)c1ccc(NC(N)=NCCCNS(=O)(=O)CC)cc1. The number of rotatable bonds is 9. The molecular weight excluding hydrogens is 312 g/mol.